The molecule has 1 aliphatic rings. The van der Waals surface area contributed by atoms with E-state index in [1.807, 2.05) is 12.2 Å². The molecule has 0 saturated heterocycles. The van der Waals surface area contributed by atoms with Gasteiger partial charge < -0.3 is 20.4 Å². The molecule has 1 aliphatic heterocycles. The molecule has 3 N–H and O–H groups in total. The largest absolute Gasteiger partial charge is 0.480 e. The van der Waals surface area contributed by atoms with Crippen LogP contribution in [0.25, 0.3) is 0 Å². The predicted molar refractivity (Wildman–Crippen MR) is 52.4 cm³/mol. The number of carbonyl (C=O) groups is 2. The average Bonchev–Trinajstić information content (AvgIpc) is 2.26. The Hall–Kier alpha value is -1.56. The van der Waals surface area contributed by atoms with Crippen molar-refractivity contribution in [1.82, 2.24) is 10.2 Å². The molecule has 0 fully saturated rings. The second-order valence-electron chi connectivity index (χ2n) is 3.23. The fourth-order valence-corrected chi connectivity index (χ4v) is 1.25. The van der Waals surface area contributed by atoms with Crippen molar-refractivity contribution >= 4 is 12.0 Å². The van der Waals surface area contributed by atoms with E-state index < -0.39 is 24.6 Å². The number of aliphatic hydroxyl groups is 1. The maximum atomic E-state index is 11.5. The summed E-state index contributed by atoms with van der Waals surface area (Å²) in [5.41, 5.74) is 0. The number of carboxylic acid groups (broad SMARTS) is 1. The molecule has 0 aromatic rings. The molecule has 0 aromatic carbocycles. The standard InChI is InChI=1S/C9H14N2O4/c12-6-7(8(13)14)10-9(15)11-4-2-1-3-5-11/h1-2,7,12H,3-6H2,(H,10,15)(H,13,14). The van der Waals surface area contributed by atoms with E-state index in [4.69, 9.17) is 10.2 Å². The number of nitrogens with one attached hydrogen (secondary N) is 1. The number of urea groups is 1. The van der Waals surface area contributed by atoms with Gasteiger partial charge in [0, 0.05) is 13.1 Å². The quantitative estimate of drug-likeness (QED) is 0.547. The molecular formula is C9H14N2O4. The number of carboxylic acids is 1. The van der Waals surface area contributed by atoms with Crippen LogP contribution in [0.4, 0.5) is 4.79 Å². The lowest BCUT2D eigenvalue weighted by Gasteiger charge is -2.25. The monoisotopic (exact) mass is 214 g/mol. The summed E-state index contributed by atoms with van der Waals surface area (Å²) in [4.78, 5) is 23.5. The Kier molecular flexibility index (Phi) is 4.11. The summed E-state index contributed by atoms with van der Waals surface area (Å²) >= 11 is 0. The molecule has 6 nitrogen and oxygen atoms in total. The maximum Gasteiger partial charge on any atom is 0.328 e. The van der Waals surface area contributed by atoms with Crippen molar-refractivity contribution in [3.63, 3.8) is 0 Å². The van der Waals surface area contributed by atoms with Gasteiger partial charge in [-0.05, 0) is 6.42 Å². The molecule has 0 spiro atoms. The molecular weight excluding hydrogens is 200 g/mol. The van der Waals surface area contributed by atoms with Gasteiger partial charge in [-0.1, -0.05) is 12.2 Å². The Morgan fingerprint density at radius 2 is 2.20 bits per heavy atom. The highest BCUT2D eigenvalue weighted by Crippen LogP contribution is 2.01. The van der Waals surface area contributed by atoms with Crippen LogP contribution in [0.3, 0.4) is 0 Å². The molecule has 0 aromatic heterocycles. The molecule has 1 unspecified atom stereocenters. The van der Waals surface area contributed by atoms with Gasteiger partial charge in [0.2, 0.25) is 0 Å². The number of hydrogen-bond acceptors (Lipinski definition) is 3. The molecule has 0 radical (unpaired) electrons. The van der Waals surface area contributed by atoms with Crippen LogP contribution in [0.2, 0.25) is 0 Å². The first-order chi connectivity index (χ1) is 7.15. The van der Waals surface area contributed by atoms with Gasteiger partial charge in [0.15, 0.2) is 6.04 Å². The summed E-state index contributed by atoms with van der Waals surface area (Å²) < 4.78 is 0. The van der Waals surface area contributed by atoms with Gasteiger partial charge in [0.05, 0.1) is 6.61 Å². The summed E-state index contributed by atoms with van der Waals surface area (Å²) in [5, 5.41) is 19.6. The summed E-state index contributed by atoms with van der Waals surface area (Å²) in [5.74, 6) is -1.24. The first-order valence-electron chi connectivity index (χ1n) is 4.69. The van der Waals surface area contributed by atoms with E-state index in [2.05, 4.69) is 5.32 Å². The fourth-order valence-electron chi connectivity index (χ4n) is 1.25. The Labute approximate surface area is 87.2 Å². The SMILES string of the molecule is O=C(O)C(CO)NC(=O)N1CC=CCC1. The smallest absolute Gasteiger partial charge is 0.328 e. The highest BCUT2D eigenvalue weighted by atomic mass is 16.4. The van der Waals surface area contributed by atoms with Crippen LogP contribution in [0, 0.1) is 0 Å². The van der Waals surface area contributed by atoms with E-state index in [-0.39, 0.29) is 0 Å². The van der Waals surface area contributed by atoms with Crippen LogP contribution in [-0.4, -0.2) is 52.9 Å². The number of carbonyl (C=O) groups excluding carboxylic acids is 1. The Morgan fingerprint density at radius 3 is 2.67 bits per heavy atom. The molecule has 15 heavy (non-hydrogen) atoms. The molecule has 84 valence electrons. The third kappa shape index (κ3) is 3.25. The summed E-state index contributed by atoms with van der Waals surface area (Å²) in [6.45, 7) is 0.439. The minimum atomic E-state index is -1.24. The second kappa shape index (κ2) is 5.35. The van der Waals surface area contributed by atoms with E-state index in [1.165, 1.54) is 4.90 Å². The van der Waals surface area contributed by atoms with Crippen LogP contribution in [0.15, 0.2) is 12.2 Å². The van der Waals surface area contributed by atoms with Gasteiger partial charge in [0.1, 0.15) is 0 Å². The number of rotatable bonds is 3. The Bertz CT molecular complexity index is 277. The Balaban J connectivity index is 2.46. The first-order valence-corrected chi connectivity index (χ1v) is 4.69. The highest BCUT2D eigenvalue weighted by Gasteiger charge is 2.22. The number of aliphatic carboxylic acids is 1. The van der Waals surface area contributed by atoms with Crippen molar-refractivity contribution in [2.45, 2.75) is 12.5 Å². The normalized spacial score (nSPS) is 17.3. The van der Waals surface area contributed by atoms with Gasteiger partial charge in [-0.2, -0.15) is 0 Å². The molecule has 0 aliphatic carbocycles. The minimum absolute atomic E-state index is 0.458. The van der Waals surface area contributed by atoms with E-state index in [0.29, 0.717) is 13.1 Å². The number of aliphatic hydroxyl groups excluding tert-OH is 1. The Morgan fingerprint density at radius 1 is 1.47 bits per heavy atom. The number of nitrogens with zero attached hydrogens (tertiary/aromatic N) is 1. The van der Waals surface area contributed by atoms with E-state index in [9.17, 15) is 9.59 Å². The lowest BCUT2D eigenvalue weighted by Crippen LogP contribution is -2.50. The third-order valence-electron chi connectivity index (χ3n) is 2.12. The van der Waals surface area contributed by atoms with E-state index >= 15 is 0 Å². The lowest BCUT2D eigenvalue weighted by molar-refractivity contribution is -0.140. The van der Waals surface area contributed by atoms with Crippen LogP contribution in [0.5, 0.6) is 0 Å². The van der Waals surface area contributed by atoms with Crippen molar-refractivity contribution in [3.8, 4) is 0 Å². The summed E-state index contributed by atoms with van der Waals surface area (Å²) in [6, 6.07) is -1.69. The van der Waals surface area contributed by atoms with Crippen molar-refractivity contribution in [2.75, 3.05) is 19.7 Å². The van der Waals surface area contributed by atoms with E-state index in [0.717, 1.165) is 6.42 Å². The van der Waals surface area contributed by atoms with Crippen LogP contribution < -0.4 is 5.32 Å². The summed E-state index contributed by atoms with van der Waals surface area (Å²) in [6.07, 6.45) is 4.58. The molecule has 2 amide bonds. The minimum Gasteiger partial charge on any atom is -0.480 e. The lowest BCUT2D eigenvalue weighted by atomic mass is 10.2. The van der Waals surface area contributed by atoms with Crippen molar-refractivity contribution in [1.29, 1.82) is 0 Å². The highest BCUT2D eigenvalue weighted by molar-refractivity contribution is 5.82. The third-order valence-corrected chi connectivity index (χ3v) is 2.12. The predicted octanol–water partition coefficient (Wildman–Crippen LogP) is -0.597. The van der Waals surface area contributed by atoms with Crippen LogP contribution in [0.1, 0.15) is 6.42 Å². The van der Waals surface area contributed by atoms with E-state index in [1.54, 1.807) is 0 Å². The topological polar surface area (TPSA) is 89.9 Å². The molecule has 0 bridgehead atoms. The molecule has 1 rings (SSSR count). The van der Waals surface area contributed by atoms with Crippen molar-refractivity contribution < 1.29 is 19.8 Å². The molecule has 0 saturated carbocycles. The zero-order chi connectivity index (χ0) is 11.3. The van der Waals surface area contributed by atoms with Crippen molar-refractivity contribution in [3.05, 3.63) is 12.2 Å². The van der Waals surface area contributed by atoms with Gasteiger partial charge in [0.25, 0.3) is 0 Å². The number of amides is 2. The average molecular weight is 214 g/mol. The zero-order valence-electron chi connectivity index (χ0n) is 8.22. The first kappa shape index (κ1) is 11.5. The molecule has 6 heteroatoms. The van der Waals surface area contributed by atoms with Gasteiger partial charge in [-0.3, -0.25) is 0 Å². The fraction of sp³-hybridized carbons (Fsp3) is 0.556. The van der Waals surface area contributed by atoms with Crippen LogP contribution >= 0.6 is 0 Å². The molecule has 1 atom stereocenters. The zero-order valence-corrected chi connectivity index (χ0v) is 8.22. The molecule has 1 heterocycles. The van der Waals surface area contributed by atoms with Gasteiger partial charge in [-0.15, -0.1) is 0 Å². The van der Waals surface area contributed by atoms with Gasteiger partial charge in [-0.25, -0.2) is 9.59 Å². The maximum absolute atomic E-state index is 11.5. The van der Waals surface area contributed by atoms with Gasteiger partial charge >= 0.3 is 12.0 Å². The summed E-state index contributed by atoms with van der Waals surface area (Å²) in [7, 11) is 0. The number of hydrogen-bond donors (Lipinski definition) is 3. The van der Waals surface area contributed by atoms with Crippen LogP contribution in [-0.2, 0) is 4.79 Å². The second-order valence-corrected chi connectivity index (χ2v) is 3.23. The van der Waals surface area contributed by atoms with Crippen molar-refractivity contribution in [2.24, 2.45) is 0 Å².